The second-order valence-corrected chi connectivity index (χ2v) is 7.10. The summed E-state index contributed by atoms with van der Waals surface area (Å²) in [6.45, 7) is 8.32. The molecule has 1 aliphatic heterocycles. The minimum atomic E-state index is -0.500. The number of likely N-dealkylation sites (tertiary alicyclic amines) is 1. The molecule has 1 amide bonds. The molecule has 1 heterocycles. The second kappa shape index (κ2) is 8.07. The Hall–Kier alpha value is -2.19. The predicted molar refractivity (Wildman–Crippen MR) is 98.2 cm³/mol. The van der Waals surface area contributed by atoms with Gasteiger partial charge in [-0.05, 0) is 57.9 Å². The van der Waals surface area contributed by atoms with E-state index in [1.54, 1.807) is 0 Å². The lowest BCUT2D eigenvalue weighted by Crippen LogP contribution is -2.39. The van der Waals surface area contributed by atoms with Gasteiger partial charge in [0.2, 0.25) is 0 Å². The van der Waals surface area contributed by atoms with Crippen molar-refractivity contribution in [3.05, 3.63) is 24.3 Å². The molecule has 0 radical (unpaired) electrons. The Bertz CT molecular complexity index is 576. The van der Waals surface area contributed by atoms with Crippen molar-refractivity contribution in [3.63, 3.8) is 0 Å². The van der Waals surface area contributed by atoms with Crippen LogP contribution in [0.4, 0.5) is 16.2 Å². The van der Waals surface area contributed by atoms with Gasteiger partial charge in [-0.3, -0.25) is 10.2 Å². The van der Waals surface area contributed by atoms with Gasteiger partial charge in [-0.15, -0.1) is 6.42 Å². The van der Waals surface area contributed by atoms with Crippen LogP contribution in [-0.4, -0.2) is 42.3 Å². The van der Waals surface area contributed by atoms with Crippen molar-refractivity contribution < 1.29 is 9.53 Å². The van der Waals surface area contributed by atoms with Crippen LogP contribution in [0.15, 0.2) is 24.3 Å². The molecule has 0 saturated carbocycles. The van der Waals surface area contributed by atoms with Gasteiger partial charge in [-0.1, -0.05) is 5.92 Å². The van der Waals surface area contributed by atoms with E-state index >= 15 is 0 Å². The molecular formula is C19H27N3O2. The van der Waals surface area contributed by atoms with Crippen LogP contribution in [0.5, 0.6) is 0 Å². The molecule has 1 aromatic carbocycles. The molecule has 0 bridgehead atoms. The van der Waals surface area contributed by atoms with E-state index in [1.807, 2.05) is 45.0 Å². The molecule has 0 spiro atoms. The molecule has 1 fully saturated rings. The van der Waals surface area contributed by atoms with Gasteiger partial charge in [0.1, 0.15) is 5.60 Å². The number of amides is 1. The summed E-state index contributed by atoms with van der Waals surface area (Å²) in [5.74, 6) is 2.70. The fourth-order valence-corrected chi connectivity index (χ4v) is 2.67. The first-order valence-corrected chi connectivity index (χ1v) is 8.38. The number of benzene rings is 1. The number of hydrogen-bond acceptors (Lipinski definition) is 4. The third kappa shape index (κ3) is 6.13. The minimum Gasteiger partial charge on any atom is -0.444 e. The molecule has 5 heteroatoms. The molecule has 5 nitrogen and oxygen atoms in total. The first kappa shape index (κ1) is 18.2. The molecule has 2 N–H and O–H groups in total. The number of hydrogen-bond donors (Lipinski definition) is 2. The smallest absolute Gasteiger partial charge is 0.412 e. The second-order valence-electron chi connectivity index (χ2n) is 7.10. The lowest BCUT2D eigenvalue weighted by molar-refractivity contribution is 0.0636. The van der Waals surface area contributed by atoms with E-state index in [4.69, 9.17) is 11.2 Å². The zero-order chi connectivity index (χ0) is 17.6. The van der Waals surface area contributed by atoms with Gasteiger partial charge in [0.05, 0.1) is 6.54 Å². The van der Waals surface area contributed by atoms with Crippen LogP contribution in [0.1, 0.15) is 33.6 Å². The van der Waals surface area contributed by atoms with Crippen LogP contribution in [0.2, 0.25) is 0 Å². The van der Waals surface area contributed by atoms with Crippen LogP contribution in [0.3, 0.4) is 0 Å². The average molecular weight is 329 g/mol. The number of anilines is 2. The van der Waals surface area contributed by atoms with Crippen molar-refractivity contribution in [2.75, 3.05) is 30.3 Å². The standard InChI is InChI=1S/C19H27N3O2/c1-5-12-22-13-10-17(11-14-22)20-15-6-8-16(9-7-15)21-18(23)24-19(2,3)4/h1,6-9,17,20H,10-14H2,2-4H3,(H,21,23). The molecule has 0 atom stereocenters. The molecule has 1 saturated heterocycles. The van der Waals surface area contributed by atoms with Crippen molar-refractivity contribution in [1.29, 1.82) is 0 Å². The number of terminal acetylenes is 1. The van der Waals surface area contributed by atoms with Gasteiger partial charge < -0.3 is 10.1 Å². The number of piperidine rings is 1. The normalized spacial score (nSPS) is 16.2. The van der Waals surface area contributed by atoms with E-state index < -0.39 is 11.7 Å². The highest BCUT2D eigenvalue weighted by molar-refractivity contribution is 5.85. The van der Waals surface area contributed by atoms with Gasteiger partial charge >= 0.3 is 6.09 Å². The van der Waals surface area contributed by atoms with Crippen LogP contribution in [0, 0.1) is 12.3 Å². The van der Waals surface area contributed by atoms with Gasteiger partial charge in [0.15, 0.2) is 0 Å². The molecule has 24 heavy (non-hydrogen) atoms. The number of carbonyl (C=O) groups is 1. The van der Waals surface area contributed by atoms with Gasteiger partial charge in [0.25, 0.3) is 0 Å². The van der Waals surface area contributed by atoms with Crippen LogP contribution in [-0.2, 0) is 4.74 Å². The number of ether oxygens (including phenoxy) is 1. The topological polar surface area (TPSA) is 53.6 Å². The van der Waals surface area contributed by atoms with Crippen molar-refractivity contribution in [3.8, 4) is 12.3 Å². The van der Waals surface area contributed by atoms with E-state index in [9.17, 15) is 4.79 Å². The van der Waals surface area contributed by atoms with Gasteiger partial charge in [-0.2, -0.15) is 0 Å². The fraction of sp³-hybridized carbons (Fsp3) is 0.526. The maximum atomic E-state index is 11.7. The lowest BCUT2D eigenvalue weighted by atomic mass is 10.0. The first-order valence-electron chi connectivity index (χ1n) is 8.38. The molecule has 0 aliphatic carbocycles. The highest BCUT2D eigenvalue weighted by Crippen LogP contribution is 2.19. The Kier molecular flexibility index (Phi) is 6.10. The zero-order valence-electron chi connectivity index (χ0n) is 14.8. The van der Waals surface area contributed by atoms with E-state index in [2.05, 4.69) is 21.5 Å². The monoisotopic (exact) mass is 329 g/mol. The third-order valence-corrected chi connectivity index (χ3v) is 3.80. The summed E-state index contributed by atoms with van der Waals surface area (Å²) in [7, 11) is 0. The van der Waals surface area contributed by atoms with Crippen molar-refractivity contribution >= 4 is 17.5 Å². The molecular weight excluding hydrogens is 302 g/mol. The number of carbonyl (C=O) groups excluding carboxylic acids is 1. The summed E-state index contributed by atoms with van der Waals surface area (Å²) >= 11 is 0. The quantitative estimate of drug-likeness (QED) is 0.830. The Balaban J connectivity index is 1.80. The highest BCUT2D eigenvalue weighted by Gasteiger charge is 2.18. The zero-order valence-corrected chi connectivity index (χ0v) is 14.8. The Morgan fingerprint density at radius 1 is 1.25 bits per heavy atom. The number of nitrogens with zero attached hydrogens (tertiary/aromatic N) is 1. The van der Waals surface area contributed by atoms with Crippen molar-refractivity contribution in [1.82, 2.24) is 4.90 Å². The Morgan fingerprint density at radius 3 is 2.38 bits per heavy atom. The molecule has 2 rings (SSSR count). The molecule has 1 aromatic rings. The molecule has 0 unspecified atom stereocenters. The highest BCUT2D eigenvalue weighted by atomic mass is 16.6. The first-order chi connectivity index (χ1) is 11.4. The Morgan fingerprint density at radius 2 is 1.83 bits per heavy atom. The predicted octanol–water partition coefficient (Wildman–Crippen LogP) is 3.54. The van der Waals surface area contributed by atoms with Gasteiger partial charge in [-0.25, -0.2) is 4.79 Å². The maximum absolute atomic E-state index is 11.7. The average Bonchev–Trinajstić information content (AvgIpc) is 2.49. The summed E-state index contributed by atoms with van der Waals surface area (Å²) in [5, 5.41) is 6.27. The van der Waals surface area contributed by atoms with Crippen LogP contribution >= 0.6 is 0 Å². The largest absolute Gasteiger partial charge is 0.444 e. The van der Waals surface area contributed by atoms with E-state index in [0.29, 0.717) is 6.04 Å². The fourth-order valence-electron chi connectivity index (χ4n) is 2.67. The van der Waals surface area contributed by atoms with E-state index in [-0.39, 0.29) is 0 Å². The summed E-state index contributed by atoms with van der Waals surface area (Å²) in [6, 6.07) is 8.16. The van der Waals surface area contributed by atoms with Gasteiger partial charge in [0, 0.05) is 30.5 Å². The van der Waals surface area contributed by atoms with Crippen LogP contribution in [0.25, 0.3) is 0 Å². The minimum absolute atomic E-state index is 0.441. The number of nitrogens with one attached hydrogen (secondary N) is 2. The van der Waals surface area contributed by atoms with Crippen molar-refractivity contribution in [2.24, 2.45) is 0 Å². The van der Waals surface area contributed by atoms with E-state index in [0.717, 1.165) is 43.9 Å². The third-order valence-electron chi connectivity index (χ3n) is 3.80. The summed E-state index contributed by atoms with van der Waals surface area (Å²) in [6.07, 6.45) is 7.08. The summed E-state index contributed by atoms with van der Waals surface area (Å²) < 4.78 is 5.24. The summed E-state index contributed by atoms with van der Waals surface area (Å²) in [4.78, 5) is 14.0. The summed E-state index contributed by atoms with van der Waals surface area (Å²) in [5.41, 5.74) is 1.28. The molecule has 0 aromatic heterocycles. The van der Waals surface area contributed by atoms with Crippen LogP contribution < -0.4 is 10.6 Å². The Labute approximate surface area is 144 Å². The van der Waals surface area contributed by atoms with E-state index in [1.165, 1.54) is 0 Å². The lowest BCUT2D eigenvalue weighted by Gasteiger charge is -2.31. The molecule has 1 aliphatic rings. The van der Waals surface area contributed by atoms with Crippen molar-refractivity contribution in [2.45, 2.75) is 45.3 Å². The number of rotatable bonds is 4. The SMILES string of the molecule is C#CCN1CCC(Nc2ccc(NC(=O)OC(C)(C)C)cc2)CC1. The molecule has 130 valence electrons. The maximum Gasteiger partial charge on any atom is 0.412 e.